The van der Waals surface area contributed by atoms with Gasteiger partial charge in [-0.15, -0.1) is 11.3 Å². The molecule has 4 nitrogen and oxygen atoms in total. The fourth-order valence-electron chi connectivity index (χ4n) is 2.23. The molecule has 2 heterocycles. The lowest BCUT2D eigenvalue weighted by Gasteiger charge is -2.10. The number of hydrogen-bond donors (Lipinski definition) is 2. The van der Waals surface area contributed by atoms with Crippen LogP contribution in [-0.2, 0) is 17.8 Å². The summed E-state index contributed by atoms with van der Waals surface area (Å²) < 4.78 is 0. The van der Waals surface area contributed by atoms with Crippen LogP contribution in [0.5, 0.6) is 0 Å². The standard InChI is InChI=1S/C14H15N3OS/c1-9-8-19-13(16-9)7-15-14(18)12-6-10-4-2-3-5-11(10)17-12/h2-5,8,12,17H,6-7H2,1H3,(H,15,18)/t12-/m0/s1. The second-order valence-electron chi connectivity index (χ2n) is 4.66. The monoisotopic (exact) mass is 273 g/mol. The Labute approximate surface area is 115 Å². The van der Waals surface area contributed by atoms with Crippen LogP contribution in [-0.4, -0.2) is 16.9 Å². The first-order valence-corrected chi connectivity index (χ1v) is 7.13. The lowest BCUT2D eigenvalue weighted by Crippen LogP contribution is -2.38. The highest BCUT2D eigenvalue weighted by Gasteiger charge is 2.25. The van der Waals surface area contributed by atoms with Crippen molar-refractivity contribution >= 4 is 22.9 Å². The van der Waals surface area contributed by atoms with Gasteiger partial charge >= 0.3 is 0 Å². The van der Waals surface area contributed by atoms with E-state index < -0.39 is 0 Å². The Morgan fingerprint density at radius 2 is 2.37 bits per heavy atom. The van der Waals surface area contributed by atoms with Gasteiger partial charge in [0.2, 0.25) is 5.91 Å². The molecule has 0 saturated heterocycles. The van der Waals surface area contributed by atoms with Crippen molar-refractivity contribution in [3.63, 3.8) is 0 Å². The van der Waals surface area contributed by atoms with Crippen LogP contribution in [0.1, 0.15) is 16.3 Å². The topological polar surface area (TPSA) is 54.0 Å². The molecule has 1 aromatic heterocycles. The van der Waals surface area contributed by atoms with Gasteiger partial charge < -0.3 is 10.6 Å². The van der Waals surface area contributed by atoms with Gasteiger partial charge in [0, 0.05) is 23.2 Å². The quantitative estimate of drug-likeness (QED) is 0.900. The third-order valence-electron chi connectivity index (χ3n) is 3.17. The molecule has 1 atom stereocenters. The van der Waals surface area contributed by atoms with E-state index in [1.54, 1.807) is 11.3 Å². The van der Waals surface area contributed by atoms with Crippen LogP contribution < -0.4 is 10.6 Å². The average Bonchev–Trinajstić information content (AvgIpc) is 3.01. The van der Waals surface area contributed by atoms with Crippen molar-refractivity contribution in [3.05, 3.63) is 45.9 Å². The molecule has 98 valence electrons. The number of hydrogen-bond acceptors (Lipinski definition) is 4. The first-order valence-electron chi connectivity index (χ1n) is 6.25. The number of carbonyl (C=O) groups excluding carboxylic acids is 1. The number of amides is 1. The molecule has 2 N–H and O–H groups in total. The SMILES string of the molecule is Cc1csc(CNC(=O)[C@@H]2Cc3ccccc3N2)n1. The predicted molar refractivity (Wildman–Crippen MR) is 76.3 cm³/mol. The molecule has 2 aromatic rings. The number of carbonyl (C=O) groups is 1. The van der Waals surface area contributed by atoms with Crippen LogP contribution in [0.25, 0.3) is 0 Å². The van der Waals surface area contributed by atoms with Crippen molar-refractivity contribution in [3.8, 4) is 0 Å². The Hall–Kier alpha value is -1.88. The summed E-state index contributed by atoms with van der Waals surface area (Å²) in [6.07, 6.45) is 0.749. The summed E-state index contributed by atoms with van der Waals surface area (Å²) in [7, 11) is 0. The second kappa shape index (κ2) is 5.01. The number of aromatic nitrogens is 1. The summed E-state index contributed by atoms with van der Waals surface area (Å²) in [4.78, 5) is 16.4. The van der Waals surface area contributed by atoms with Crippen molar-refractivity contribution in [2.45, 2.75) is 25.9 Å². The van der Waals surface area contributed by atoms with Gasteiger partial charge in [0.15, 0.2) is 0 Å². The largest absolute Gasteiger partial charge is 0.373 e. The van der Waals surface area contributed by atoms with Crippen LogP contribution in [0.2, 0.25) is 0 Å². The zero-order chi connectivity index (χ0) is 13.2. The van der Waals surface area contributed by atoms with Gasteiger partial charge in [-0.1, -0.05) is 18.2 Å². The van der Waals surface area contributed by atoms with Crippen molar-refractivity contribution < 1.29 is 4.79 Å². The maximum absolute atomic E-state index is 12.1. The van der Waals surface area contributed by atoms with Crippen LogP contribution in [0.3, 0.4) is 0 Å². The molecule has 1 aliphatic heterocycles. The maximum Gasteiger partial charge on any atom is 0.243 e. The summed E-state index contributed by atoms with van der Waals surface area (Å²) in [6, 6.07) is 7.87. The predicted octanol–water partition coefficient (Wildman–Crippen LogP) is 2.10. The Kier molecular flexibility index (Phi) is 3.21. The molecule has 0 saturated carbocycles. The van der Waals surface area contributed by atoms with Crippen molar-refractivity contribution in [1.82, 2.24) is 10.3 Å². The normalized spacial score (nSPS) is 16.8. The molecule has 0 unspecified atom stereocenters. The van der Waals surface area contributed by atoms with Gasteiger partial charge in [-0.05, 0) is 18.6 Å². The highest BCUT2D eigenvalue weighted by atomic mass is 32.1. The summed E-state index contributed by atoms with van der Waals surface area (Å²) in [6.45, 7) is 2.46. The Balaban J connectivity index is 1.58. The van der Waals surface area contributed by atoms with E-state index in [0.29, 0.717) is 6.54 Å². The zero-order valence-electron chi connectivity index (χ0n) is 10.6. The maximum atomic E-state index is 12.1. The van der Waals surface area contributed by atoms with E-state index in [1.807, 2.05) is 30.5 Å². The second-order valence-corrected chi connectivity index (χ2v) is 5.60. The van der Waals surface area contributed by atoms with Crippen molar-refractivity contribution in [1.29, 1.82) is 0 Å². The minimum Gasteiger partial charge on any atom is -0.373 e. The minimum atomic E-state index is -0.168. The number of rotatable bonds is 3. The fourth-order valence-corrected chi connectivity index (χ4v) is 2.94. The Morgan fingerprint density at radius 3 is 3.11 bits per heavy atom. The molecule has 0 radical (unpaired) electrons. The van der Waals surface area contributed by atoms with Crippen LogP contribution >= 0.6 is 11.3 Å². The number of fused-ring (bicyclic) bond motifs is 1. The van der Waals surface area contributed by atoms with Gasteiger partial charge in [0.1, 0.15) is 11.0 Å². The third-order valence-corrected chi connectivity index (χ3v) is 4.13. The summed E-state index contributed by atoms with van der Waals surface area (Å²) >= 11 is 1.58. The fraction of sp³-hybridized carbons (Fsp3) is 0.286. The lowest BCUT2D eigenvalue weighted by atomic mass is 10.1. The highest BCUT2D eigenvalue weighted by molar-refractivity contribution is 7.09. The van der Waals surface area contributed by atoms with Crippen molar-refractivity contribution in [2.75, 3.05) is 5.32 Å². The van der Waals surface area contributed by atoms with E-state index in [1.165, 1.54) is 5.56 Å². The van der Waals surface area contributed by atoms with Gasteiger partial charge in [-0.3, -0.25) is 4.79 Å². The molecular formula is C14H15N3OS. The molecule has 0 bridgehead atoms. The number of benzene rings is 1. The molecular weight excluding hydrogens is 258 g/mol. The summed E-state index contributed by atoms with van der Waals surface area (Å²) in [5, 5.41) is 9.12. The van der Waals surface area contributed by atoms with Crippen LogP contribution in [0, 0.1) is 6.92 Å². The summed E-state index contributed by atoms with van der Waals surface area (Å²) in [5.41, 5.74) is 3.26. The van der Waals surface area contributed by atoms with E-state index in [-0.39, 0.29) is 11.9 Å². The molecule has 0 spiro atoms. The Bertz CT molecular complexity index is 583. The number of aryl methyl sites for hydroxylation is 1. The average molecular weight is 273 g/mol. The van der Waals surface area contributed by atoms with Gasteiger partial charge in [-0.2, -0.15) is 0 Å². The van der Waals surface area contributed by atoms with E-state index in [0.717, 1.165) is 22.8 Å². The smallest absolute Gasteiger partial charge is 0.243 e. The van der Waals surface area contributed by atoms with Gasteiger partial charge in [0.25, 0.3) is 0 Å². The molecule has 19 heavy (non-hydrogen) atoms. The van der Waals surface area contributed by atoms with Crippen molar-refractivity contribution in [2.24, 2.45) is 0 Å². The van der Waals surface area contributed by atoms with E-state index in [4.69, 9.17) is 0 Å². The molecule has 1 aliphatic rings. The molecule has 3 rings (SSSR count). The highest BCUT2D eigenvalue weighted by Crippen LogP contribution is 2.25. The van der Waals surface area contributed by atoms with E-state index in [9.17, 15) is 4.79 Å². The third kappa shape index (κ3) is 2.61. The number of thiazole rings is 1. The molecule has 5 heteroatoms. The number of nitrogens with zero attached hydrogens (tertiary/aromatic N) is 1. The van der Waals surface area contributed by atoms with E-state index >= 15 is 0 Å². The molecule has 0 aliphatic carbocycles. The molecule has 1 amide bonds. The first kappa shape index (κ1) is 12.2. The number of nitrogens with one attached hydrogen (secondary N) is 2. The van der Waals surface area contributed by atoms with Gasteiger partial charge in [-0.25, -0.2) is 4.98 Å². The molecule has 0 fully saturated rings. The van der Waals surface area contributed by atoms with Crippen LogP contribution in [0.15, 0.2) is 29.6 Å². The van der Waals surface area contributed by atoms with Crippen LogP contribution in [0.4, 0.5) is 5.69 Å². The minimum absolute atomic E-state index is 0.0315. The summed E-state index contributed by atoms with van der Waals surface area (Å²) in [5.74, 6) is 0.0315. The molecule has 1 aromatic carbocycles. The lowest BCUT2D eigenvalue weighted by molar-refractivity contribution is -0.121. The van der Waals surface area contributed by atoms with Gasteiger partial charge in [0.05, 0.1) is 6.54 Å². The number of para-hydroxylation sites is 1. The Morgan fingerprint density at radius 1 is 1.53 bits per heavy atom. The first-order chi connectivity index (χ1) is 9.22. The zero-order valence-corrected chi connectivity index (χ0v) is 11.5. The number of anilines is 1. The van der Waals surface area contributed by atoms with E-state index in [2.05, 4.69) is 21.7 Å².